The first-order valence-electron chi connectivity index (χ1n) is 6.72. The molecule has 2 rings (SSSR count). The first kappa shape index (κ1) is 18.8. The molecule has 0 bridgehead atoms. The molecule has 1 heterocycles. The van der Waals surface area contributed by atoms with Crippen LogP contribution in [-0.2, 0) is 23.1 Å². The maximum atomic E-state index is 12.5. The summed E-state index contributed by atoms with van der Waals surface area (Å²) in [6, 6.07) is 2.86. The van der Waals surface area contributed by atoms with Gasteiger partial charge in [-0.3, -0.25) is 4.90 Å². The topological polar surface area (TPSA) is 46.6 Å². The third-order valence-corrected chi connectivity index (χ3v) is 4.54. The highest BCUT2D eigenvalue weighted by Crippen LogP contribution is 2.32. The van der Waals surface area contributed by atoms with E-state index in [-0.39, 0.29) is 13.0 Å². The highest BCUT2D eigenvalue weighted by Gasteiger charge is 2.48. The molecule has 1 atom stereocenters. The van der Waals surface area contributed by atoms with Crippen LogP contribution in [0.3, 0.4) is 0 Å². The van der Waals surface area contributed by atoms with Gasteiger partial charge >= 0.3 is 21.8 Å². The van der Waals surface area contributed by atoms with Gasteiger partial charge in [0, 0.05) is 12.6 Å². The van der Waals surface area contributed by atoms with Crippen molar-refractivity contribution in [3.8, 4) is 5.75 Å². The molecular formula is C13H13F6NO3S. The second kappa shape index (κ2) is 6.10. The van der Waals surface area contributed by atoms with Gasteiger partial charge in [0.15, 0.2) is 0 Å². The van der Waals surface area contributed by atoms with Crippen molar-refractivity contribution in [2.75, 3.05) is 6.54 Å². The minimum Gasteiger partial charge on any atom is -0.376 e. The van der Waals surface area contributed by atoms with E-state index in [1.54, 1.807) is 6.92 Å². The number of benzene rings is 1. The Bertz CT molecular complexity index is 713. The van der Waals surface area contributed by atoms with Crippen molar-refractivity contribution in [2.24, 2.45) is 0 Å². The molecule has 0 aliphatic carbocycles. The van der Waals surface area contributed by atoms with E-state index in [4.69, 9.17) is 0 Å². The smallest absolute Gasteiger partial charge is 0.376 e. The average Bonchev–Trinajstić information content (AvgIpc) is 2.36. The Labute approximate surface area is 134 Å². The summed E-state index contributed by atoms with van der Waals surface area (Å²) in [5.74, 6) is -0.525. The van der Waals surface area contributed by atoms with Crippen LogP contribution in [0.4, 0.5) is 26.3 Å². The highest BCUT2D eigenvalue weighted by molar-refractivity contribution is 7.88. The van der Waals surface area contributed by atoms with Gasteiger partial charge in [0.05, 0.1) is 6.54 Å². The summed E-state index contributed by atoms with van der Waals surface area (Å²) in [5.41, 5.74) is -4.62. The lowest BCUT2D eigenvalue weighted by molar-refractivity contribution is -0.152. The minimum atomic E-state index is -5.78. The number of fused-ring (bicyclic) bond motifs is 1. The highest BCUT2D eigenvalue weighted by atomic mass is 32.2. The van der Waals surface area contributed by atoms with Crippen LogP contribution in [0, 0.1) is 0 Å². The maximum absolute atomic E-state index is 12.5. The first-order valence-corrected chi connectivity index (χ1v) is 8.13. The molecule has 0 fully saturated rings. The third kappa shape index (κ3) is 4.32. The minimum absolute atomic E-state index is 0.0394. The van der Waals surface area contributed by atoms with Gasteiger partial charge in [0.1, 0.15) is 5.75 Å². The van der Waals surface area contributed by atoms with Crippen molar-refractivity contribution in [3.63, 3.8) is 0 Å². The number of nitrogens with zero attached hydrogens (tertiary/aromatic N) is 1. The summed E-state index contributed by atoms with van der Waals surface area (Å²) < 4.78 is 100. The Kier molecular flexibility index (Phi) is 4.79. The standard InChI is InChI=1S/C13H13F6NO3S/c1-8-4-10-5-11(23-24(21,22)13(17,18)19)3-2-9(10)6-20(8)7-12(14,15)16/h2-3,5,8H,4,6-7H2,1H3/t8-/m1/s1. The molecular weight excluding hydrogens is 364 g/mol. The molecule has 1 aliphatic rings. The number of hydrogen-bond donors (Lipinski definition) is 0. The van der Waals surface area contributed by atoms with Crippen molar-refractivity contribution in [3.05, 3.63) is 29.3 Å². The summed E-state index contributed by atoms with van der Waals surface area (Å²) in [5, 5.41) is 0. The summed E-state index contributed by atoms with van der Waals surface area (Å²) in [4.78, 5) is 1.19. The van der Waals surface area contributed by atoms with Gasteiger partial charge in [-0.1, -0.05) is 6.07 Å². The van der Waals surface area contributed by atoms with Gasteiger partial charge in [-0.25, -0.2) is 0 Å². The average molecular weight is 377 g/mol. The van der Waals surface area contributed by atoms with Gasteiger partial charge < -0.3 is 4.18 Å². The maximum Gasteiger partial charge on any atom is 0.534 e. The van der Waals surface area contributed by atoms with Crippen LogP contribution in [-0.4, -0.2) is 37.6 Å². The fourth-order valence-electron chi connectivity index (χ4n) is 2.44. The van der Waals surface area contributed by atoms with Crippen LogP contribution in [0.5, 0.6) is 5.75 Å². The Morgan fingerprint density at radius 3 is 2.33 bits per heavy atom. The van der Waals surface area contributed by atoms with E-state index in [0.29, 0.717) is 11.1 Å². The first-order chi connectivity index (χ1) is 10.8. The molecule has 0 saturated carbocycles. The van der Waals surface area contributed by atoms with Crippen molar-refractivity contribution >= 4 is 10.1 Å². The Morgan fingerprint density at radius 2 is 1.79 bits per heavy atom. The molecule has 0 amide bonds. The lowest BCUT2D eigenvalue weighted by Gasteiger charge is -2.35. The fraction of sp³-hybridized carbons (Fsp3) is 0.538. The van der Waals surface area contributed by atoms with E-state index in [0.717, 1.165) is 12.1 Å². The Hall–Kier alpha value is -1.49. The predicted octanol–water partition coefficient (Wildman–Crippen LogP) is 3.22. The number of alkyl halides is 6. The molecule has 11 heteroatoms. The van der Waals surface area contributed by atoms with Crippen molar-refractivity contribution < 1.29 is 38.9 Å². The molecule has 24 heavy (non-hydrogen) atoms. The van der Waals surface area contributed by atoms with Gasteiger partial charge in [-0.15, -0.1) is 0 Å². The molecule has 1 aliphatic heterocycles. The molecule has 1 aromatic rings. The van der Waals surface area contributed by atoms with Crippen LogP contribution in [0.1, 0.15) is 18.1 Å². The molecule has 4 nitrogen and oxygen atoms in total. The number of hydrogen-bond acceptors (Lipinski definition) is 4. The van der Waals surface area contributed by atoms with Crippen molar-refractivity contribution in [1.29, 1.82) is 0 Å². The van der Waals surface area contributed by atoms with Crippen LogP contribution in [0.15, 0.2) is 18.2 Å². The second-order valence-corrected chi connectivity index (χ2v) is 7.02. The normalized spacial score (nSPS) is 19.9. The van der Waals surface area contributed by atoms with E-state index in [2.05, 4.69) is 4.18 Å². The summed E-state index contributed by atoms with van der Waals surface area (Å²) in [6.45, 7) is 0.408. The Morgan fingerprint density at radius 1 is 1.17 bits per heavy atom. The number of rotatable bonds is 3. The zero-order valence-corrected chi connectivity index (χ0v) is 13.1. The van der Waals surface area contributed by atoms with Crippen LogP contribution in [0.25, 0.3) is 0 Å². The van der Waals surface area contributed by atoms with Crippen LogP contribution >= 0.6 is 0 Å². The van der Waals surface area contributed by atoms with Gasteiger partial charge in [-0.05, 0) is 36.6 Å². The molecule has 0 radical (unpaired) electrons. The lowest BCUT2D eigenvalue weighted by Crippen LogP contribution is -2.43. The van der Waals surface area contributed by atoms with Crippen LogP contribution < -0.4 is 4.18 Å². The quantitative estimate of drug-likeness (QED) is 0.461. The van der Waals surface area contributed by atoms with E-state index < -0.39 is 40.1 Å². The lowest BCUT2D eigenvalue weighted by atomic mass is 9.94. The summed E-state index contributed by atoms with van der Waals surface area (Å²) >= 11 is 0. The number of halogens is 6. The van der Waals surface area contributed by atoms with E-state index in [1.165, 1.54) is 11.0 Å². The molecule has 0 N–H and O–H groups in total. The summed E-state index contributed by atoms with van der Waals surface area (Å²) in [6.07, 6.45) is -4.23. The molecule has 136 valence electrons. The van der Waals surface area contributed by atoms with E-state index in [9.17, 15) is 34.8 Å². The summed E-state index contributed by atoms with van der Waals surface area (Å²) in [7, 11) is -5.78. The second-order valence-electron chi connectivity index (χ2n) is 5.49. The predicted molar refractivity (Wildman–Crippen MR) is 71.7 cm³/mol. The molecule has 0 aromatic heterocycles. The SMILES string of the molecule is C[C@@H]1Cc2cc(OS(=O)(=O)C(F)(F)F)ccc2CN1CC(F)(F)F. The molecule has 0 unspecified atom stereocenters. The third-order valence-electron chi connectivity index (χ3n) is 3.56. The zero-order valence-electron chi connectivity index (χ0n) is 12.3. The fourth-order valence-corrected chi connectivity index (χ4v) is 2.89. The largest absolute Gasteiger partial charge is 0.534 e. The molecule has 1 aromatic carbocycles. The monoisotopic (exact) mass is 377 g/mol. The van der Waals surface area contributed by atoms with Gasteiger partial charge in [0.2, 0.25) is 0 Å². The van der Waals surface area contributed by atoms with Crippen LogP contribution in [0.2, 0.25) is 0 Å². The van der Waals surface area contributed by atoms with Gasteiger partial charge in [-0.2, -0.15) is 34.8 Å². The zero-order chi connectivity index (χ0) is 18.3. The molecule has 0 saturated heterocycles. The van der Waals surface area contributed by atoms with E-state index >= 15 is 0 Å². The van der Waals surface area contributed by atoms with Crippen molar-refractivity contribution in [1.82, 2.24) is 4.90 Å². The molecule has 0 spiro atoms. The van der Waals surface area contributed by atoms with Gasteiger partial charge in [0.25, 0.3) is 0 Å². The van der Waals surface area contributed by atoms with E-state index in [1.807, 2.05) is 0 Å². The Balaban J connectivity index is 2.21. The van der Waals surface area contributed by atoms with Crippen molar-refractivity contribution in [2.45, 2.75) is 37.6 Å².